The number of aliphatic hydroxyl groups excluding tert-OH is 1. The average molecular weight is 292 g/mol. The second-order valence-electron chi connectivity index (χ2n) is 7.10. The predicted octanol–water partition coefficient (Wildman–Crippen LogP) is 4.34. The van der Waals surface area contributed by atoms with E-state index < -0.39 is 6.10 Å². The van der Waals surface area contributed by atoms with Gasteiger partial charge in [-0.15, -0.1) is 0 Å². The smallest absolute Gasteiger partial charge is 0.126 e. The van der Waals surface area contributed by atoms with Crippen LogP contribution in [-0.2, 0) is 0 Å². The van der Waals surface area contributed by atoms with E-state index in [1.807, 2.05) is 18.2 Å². The van der Waals surface area contributed by atoms with Crippen molar-refractivity contribution in [2.75, 3.05) is 7.11 Å². The molecular weight excluding hydrogens is 264 g/mol. The van der Waals surface area contributed by atoms with Gasteiger partial charge in [0.1, 0.15) is 17.1 Å². The molecular formula is C18H28O3. The molecule has 3 nitrogen and oxygen atoms in total. The molecule has 0 radical (unpaired) electrons. The Morgan fingerprint density at radius 3 is 2.38 bits per heavy atom. The van der Waals surface area contributed by atoms with Gasteiger partial charge in [0.25, 0.3) is 0 Å². The molecule has 3 heteroatoms. The Bertz CT molecular complexity index is 469. The Balaban J connectivity index is 2.34. The summed E-state index contributed by atoms with van der Waals surface area (Å²) in [5.74, 6) is 2.64. The van der Waals surface area contributed by atoms with E-state index in [2.05, 4.69) is 27.7 Å². The van der Waals surface area contributed by atoms with Crippen LogP contribution in [0.25, 0.3) is 0 Å². The second-order valence-corrected chi connectivity index (χ2v) is 7.10. The van der Waals surface area contributed by atoms with Crippen molar-refractivity contribution in [3.05, 3.63) is 23.8 Å². The van der Waals surface area contributed by atoms with Gasteiger partial charge < -0.3 is 14.6 Å². The first-order valence-corrected chi connectivity index (χ1v) is 7.90. The van der Waals surface area contributed by atoms with Gasteiger partial charge in [0.15, 0.2) is 0 Å². The summed E-state index contributed by atoms with van der Waals surface area (Å²) in [6, 6.07) is 5.70. The molecule has 21 heavy (non-hydrogen) atoms. The molecule has 0 bridgehead atoms. The van der Waals surface area contributed by atoms with Gasteiger partial charge in [-0.05, 0) is 42.9 Å². The van der Waals surface area contributed by atoms with Crippen molar-refractivity contribution in [3.8, 4) is 11.5 Å². The zero-order valence-electron chi connectivity index (χ0n) is 13.8. The van der Waals surface area contributed by atoms with Crippen LogP contribution < -0.4 is 9.47 Å². The molecule has 0 saturated carbocycles. The molecule has 1 aromatic carbocycles. The number of hydrogen-bond acceptors (Lipinski definition) is 3. The van der Waals surface area contributed by atoms with Crippen molar-refractivity contribution >= 4 is 0 Å². The number of ether oxygens (including phenoxy) is 2. The van der Waals surface area contributed by atoms with Gasteiger partial charge in [-0.1, -0.05) is 27.7 Å². The lowest BCUT2D eigenvalue weighted by Gasteiger charge is -2.43. The molecule has 1 N–H and O–H groups in total. The number of benzene rings is 1. The van der Waals surface area contributed by atoms with Crippen LogP contribution in [0.2, 0.25) is 0 Å². The highest BCUT2D eigenvalue weighted by molar-refractivity contribution is 5.43. The first-order valence-electron chi connectivity index (χ1n) is 7.90. The van der Waals surface area contributed by atoms with Crippen LogP contribution in [-0.4, -0.2) is 17.8 Å². The van der Waals surface area contributed by atoms with Gasteiger partial charge >= 0.3 is 0 Å². The van der Waals surface area contributed by atoms with Crippen LogP contribution >= 0.6 is 0 Å². The molecule has 0 amide bonds. The van der Waals surface area contributed by atoms with Crippen molar-refractivity contribution in [1.29, 1.82) is 0 Å². The van der Waals surface area contributed by atoms with Gasteiger partial charge in [-0.3, -0.25) is 0 Å². The van der Waals surface area contributed by atoms with E-state index in [0.717, 1.165) is 29.9 Å². The number of aliphatic hydroxyl groups is 1. The fourth-order valence-corrected chi connectivity index (χ4v) is 3.57. The van der Waals surface area contributed by atoms with Gasteiger partial charge in [-0.2, -0.15) is 0 Å². The van der Waals surface area contributed by atoms with Gasteiger partial charge in [-0.25, -0.2) is 0 Å². The van der Waals surface area contributed by atoms with E-state index in [9.17, 15) is 5.11 Å². The molecule has 118 valence electrons. The minimum atomic E-state index is -0.485. The highest BCUT2D eigenvalue weighted by Gasteiger charge is 2.41. The van der Waals surface area contributed by atoms with E-state index in [-0.39, 0.29) is 5.60 Å². The third-order valence-electron chi connectivity index (χ3n) is 4.03. The van der Waals surface area contributed by atoms with Crippen molar-refractivity contribution < 1.29 is 14.6 Å². The molecule has 1 aliphatic rings. The molecule has 0 spiro atoms. The maximum atomic E-state index is 10.6. The summed E-state index contributed by atoms with van der Waals surface area (Å²) in [4.78, 5) is 0. The maximum Gasteiger partial charge on any atom is 0.126 e. The Hall–Kier alpha value is -1.22. The van der Waals surface area contributed by atoms with Crippen molar-refractivity contribution in [1.82, 2.24) is 0 Å². The minimum Gasteiger partial charge on any atom is -0.497 e. The summed E-state index contributed by atoms with van der Waals surface area (Å²) in [5, 5.41) is 10.6. The maximum absolute atomic E-state index is 10.6. The van der Waals surface area contributed by atoms with Crippen LogP contribution in [0.3, 0.4) is 0 Å². The van der Waals surface area contributed by atoms with Crippen LogP contribution in [0.15, 0.2) is 18.2 Å². The third-order valence-corrected chi connectivity index (χ3v) is 4.03. The molecule has 0 aromatic heterocycles. The summed E-state index contributed by atoms with van der Waals surface area (Å²) in [6.45, 7) is 8.84. The zero-order valence-corrected chi connectivity index (χ0v) is 13.8. The molecule has 1 aromatic rings. The number of rotatable bonds is 5. The summed E-state index contributed by atoms with van der Waals surface area (Å²) in [5.41, 5.74) is 0.584. The Kier molecular flexibility index (Phi) is 4.82. The Morgan fingerprint density at radius 2 is 1.86 bits per heavy atom. The van der Waals surface area contributed by atoms with Crippen molar-refractivity contribution in [2.24, 2.45) is 11.8 Å². The van der Waals surface area contributed by atoms with Crippen LogP contribution in [0.1, 0.15) is 58.6 Å². The van der Waals surface area contributed by atoms with Crippen LogP contribution in [0.4, 0.5) is 0 Å². The minimum absolute atomic E-state index is 0.261. The second kappa shape index (κ2) is 6.27. The van der Waals surface area contributed by atoms with Gasteiger partial charge in [0, 0.05) is 12.0 Å². The molecule has 0 aliphatic carbocycles. The largest absolute Gasteiger partial charge is 0.497 e. The van der Waals surface area contributed by atoms with Crippen molar-refractivity contribution in [2.45, 2.75) is 58.7 Å². The van der Waals surface area contributed by atoms with Crippen LogP contribution in [0, 0.1) is 11.8 Å². The van der Waals surface area contributed by atoms with Gasteiger partial charge in [0.2, 0.25) is 0 Å². The highest BCUT2D eigenvalue weighted by Crippen LogP contribution is 2.46. The lowest BCUT2D eigenvalue weighted by Crippen LogP contribution is -2.43. The summed E-state index contributed by atoms with van der Waals surface area (Å²) in [7, 11) is 1.64. The fraction of sp³-hybridized carbons (Fsp3) is 0.667. The predicted molar refractivity (Wildman–Crippen MR) is 84.8 cm³/mol. The van der Waals surface area contributed by atoms with Crippen LogP contribution in [0.5, 0.6) is 11.5 Å². The Morgan fingerprint density at radius 1 is 1.24 bits per heavy atom. The topological polar surface area (TPSA) is 38.7 Å². The highest BCUT2D eigenvalue weighted by atomic mass is 16.5. The summed E-state index contributed by atoms with van der Waals surface area (Å²) in [6.07, 6.45) is 2.10. The monoisotopic (exact) mass is 292 g/mol. The molecule has 2 rings (SSSR count). The fourth-order valence-electron chi connectivity index (χ4n) is 3.57. The SMILES string of the molecule is COc1ccc2c(c1)[C@H](O)CC(CC(C)C)(CC(C)C)O2. The lowest BCUT2D eigenvalue weighted by molar-refractivity contribution is -0.0408. The standard InChI is InChI=1S/C18H28O3/c1-12(2)9-18(10-13(3)4)11-16(19)15-8-14(20-5)6-7-17(15)21-18/h6-8,12-13,16,19H,9-11H2,1-5H3/t16-/m1/s1. The average Bonchev–Trinajstić information content (AvgIpc) is 2.36. The Labute approximate surface area is 128 Å². The molecule has 0 fully saturated rings. The van der Waals surface area contributed by atoms with E-state index in [0.29, 0.717) is 18.3 Å². The summed E-state index contributed by atoms with van der Waals surface area (Å²) < 4.78 is 11.6. The number of methoxy groups -OCH3 is 1. The first-order chi connectivity index (χ1) is 9.85. The normalized spacial score (nSPS) is 20.3. The third kappa shape index (κ3) is 3.70. The summed E-state index contributed by atoms with van der Waals surface area (Å²) >= 11 is 0. The molecule has 0 saturated heterocycles. The molecule has 1 atom stereocenters. The van der Waals surface area contributed by atoms with E-state index in [4.69, 9.17) is 9.47 Å². The number of fused-ring (bicyclic) bond motifs is 1. The first kappa shape index (κ1) is 16.2. The lowest BCUT2D eigenvalue weighted by atomic mass is 9.78. The molecule has 1 heterocycles. The molecule has 1 aliphatic heterocycles. The number of hydrogen-bond donors (Lipinski definition) is 1. The molecule has 0 unspecified atom stereocenters. The van der Waals surface area contributed by atoms with Gasteiger partial charge in [0.05, 0.1) is 13.2 Å². The van der Waals surface area contributed by atoms with E-state index in [1.54, 1.807) is 7.11 Å². The van der Waals surface area contributed by atoms with E-state index >= 15 is 0 Å². The quantitative estimate of drug-likeness (QED) is 0.877. The van der Waals surface area contributed by atoms with Crippen molar-refractivity contribution in [3.63, 3.8) is 0 Å². The zero-order chi connectivity index (χ0) is 15.6. The van der Waals surface area contributed by atoms with E-state index in [1.165, 1.54) is 0 Å².